The van der Waals surface area contributed by atoms with Crippen molar-refractivity contribution in [3.63, 3.8) is 0 Å². The van der Waals surface area contributed by atoms with E-state index in [4.69, 9.17) is 24.7 Å². The molecule has 1 heterocycles. The second-order valence-electron chi connectivity index (χ2n) is 4.41. The van der Waals surface area contributed by atoms with Crippen molar-refractivity contribution in [3.8, 4) is 0 Å². The summed E-state index contributed by atoms with van der Waals surface area (Å²) in [5.41, 5.74) is 11.8. The fraction of sp³-hybridized carbons (Fsp3) is 1.00. The topological polar surface area (TPSA) is 91.8 Å². The molecule has 0 radical (unpaired) electrons. The predicted octanol–water partition coefficient (Wildman–Crippen LogP) is -1.09. The molecule has 5 N–H and O–H groups in total. The van der Waals surface area contributed by atoms with E-state index >= 15 is 0 Å². The Kier molecular flexibility index (Phi) is 8.13. The summed E-state index contributed by atoms with van der Waals surface area (Å²) in [6.45, 7) is 6.01. The molecule has 2 atom stereocenters. The van der Waals surface area contributed by atoms with Gasteiger partial charge >= 0.3 is 9.53 Å². The maximum Gasteiger partial charge on any atom is 0.483 e. The Morgan fingerprint density at radius 2 is 1.35 bits per heavy atom. The minimum absolute atomic E-state index is 0.167. The third-order valence-electron chi connectivity index (χ3n) is 3.30. The first-order valence-corrected chi connectivity index (χ1v) is 7.16. The van der Waals surface area contributed by atoms with Crippen LogP contribution in [0.1, 0.15) is 13.8 Å². The Morgan fingerprint density at radius 1 is 1.00 bits per heavy atom. The van der Waals surface area contributed by atoms with Crippen molar-refractivity contribution in [2.24, 2.45) is 16.9 Å². The van der Waals surface area contributed by atoms with E-state index in [1.54, 1.807) is 21.3 Å². The SMILES string of the molecule is CC(N)C1(C(C)N)CNC1.CO[SiH](OC)OC. The summed E-state index contributed by atoms with van der Waals surface area (Å²) in [5, 5.41) is 3.20. The molecule has 0 saturated carbocycles. The molecule has 0 aliphatic carbocycles. The number of hydrogen-bond donors (Lipinski definition) is 3. The van der Waals surface area contributed by atoms with Crippen LogP contribution in [-0.4, -0.2) is 56.0 Å². The molecule has 1 rings (SSSR count). The second-order valence-corrected chi connectivity index (χ2v) is 6.40. The normalized spacial score (nSPS) is 21.2. The standard InChI is InChI=1S/C7H17N3.C3H10O3Si/c1-5(8)7(6(2)9)3-10-4-7;1-4-7(5-2)6-3/h5-6,10H,3-4,8-9H2,1-2H3;7H,1-3H3. The second kappa shape index (κ2) is 8.14. The summed E-state index contributed by atoms with van der Waals surface area (Å²) in [6, 6.07) is 0.405. The monoisotopic (exact) mass is 265 g/mol. The lowest BCUT2D eigenvalue weighted by molar-refractivity contribution is 0.104. The molecule has 17 heavy (non-hydrogen) atoms. The largest absolute Gasteiger partial charge is 0.483 e. The molecular formula is C10H27N3O3Si. The van der Waals surface area contributed by atoms with Crippen LogP contribution in [0, 0.1) is 5.41 Å². The van der Waals surface area contributed by atoms with Crippen molar-refractivity contribution in [1.82, 2.24) is 5.32 Å². The lowest BCUT2D eigenvalue weighted by Crippen LogP contribution is -2.68. The van der Waals surface area contributed by atoms with E-state index in [1.807, 2.05) is 13.8 Å². The van der Waals surface area contributed by atoms with E-state index in [1.165, 1.54) is 0 Å². The molecule has 0 aromatic carbocycles. The maximum absolute atomic E-state index is 5.81. The third-order valence-corrected chi connectivity index (χ3v) is 4.45. The summed E-state index contributed by atoms with van der Waals surface area (Å²) >= 11 is 0. The molecule has 0 amide bonds. The summed E-state index contributed by atoms with van der Waals surface area (Å²) in [5.74, 6) is 0. The molecule has 6 nitrogen and oxygen atoms in total. The average Bonchev–Trinajstić information content (AvgIpc) is 2.18. The van der Waals surface area contributed by atoms with Crippen LogP contribution in [0.4, 0.5) is 0 Å². The Labute approximate surface area is 106 Å². The third kappa shape index (κ3) is 4.63. The highest BCUT2D eigenvalue weighted by Crippen LogP contribution is 2.28. The van der Waals surface area contributed by atoms with Crippen molar-refractivity contribution in [3.05, 3.63) is 0 Å². The number of nitrogens with two attached hydrogens (primary N) is 2. The molecular weight excluding hydrogens is 238 g/mol. The van der Waals surface area contributed by atoms with Gasteiger partial charge in [0.2, 0.25) is 0 Å². The van der Waals surface area contributed by atoms with E-state index < -0.39 is 9.53 Å². The van der Waals surface area contributed by atoms with Gasteiger partial charge in [0, 0.05) is 51.9 Å². The van der Waals surface area contributed by atoms with Crippen LogP contribution in [0.3, 0.4) is 0 Å². The number of nitrogens with one attached hydrogen (secondary N) is 1. The Hall–Kier alpha value is -0.0231. The highest BCUT2D eigenvalue weighted by Gasteiger charge is 2.43. The quantitative estimate of drug-likeness (QED) is 0.547. The first-order chi connectivity index (χ1) is 7.94. The van der Waals surface area contributed by atoms with Gasteiger partial charge in [-0.3, -0.25) is 0 Å². The van der Waals surface area contributed by atoms with Crippen LogP contribution < -0.4 is 16.8 Å². The summed E-state index contributed by atoms with van der Waals surface area (Å²) < 4.78 is 14.2. The zero-order valence-electron chi connectivity index (χ0n) is 11.5. The summed E-state index contributed by atoms with van der Waals surface area (Å²) in [7, 11) is 3.05. The van der Waals surface area contributed by atoms with Gasteiger partial charge in [-0.05, 0) is 13.8 Å². The van der Waals surface area contributed by atoms with Gasteiger partial charge in [0.15, 0.2) is 0 Å². The van der Waals surface area contributed by atoms with Gasteiger partial charge in [-0.1, -0.05) is 0 Å². The average molecular weight is 265 g/mol. The molecule has 1 aliphatic heterocycles. The van der Waals surface area contributed by atoms with Crippen LogP contribution in [0.5, 0.6) is 0 Å². The van der Waals surface area contributed by atoms with Gasteiger partial charge in [0.25, 0.3) is 0 Å². The molecule has 7 heteroatoms. The summed E-state index contributed by atoms with van der Waals surface area (Å²) in [4.78, 5) is 0. The first kappa shape index (κ1) is 17.0. The van der Waals surface area contributed by atoms with Crippen LogP contribution in [0.25, 0.3) is 0 Å². The lowest BCUT2D eigenvalue weighted by atomic mass is 9.71. The van der Waals surface area contributed by atoms with Crippen molar-refractivity contribution < 1.29 is 13.3 Å². The molecule has 0 bridgehead atoms. The van der Waals surface area contributed by atoms with Crippen molar-refractivity contribution in [1.29, 1.82) is 0 Å². The zero-order valence-corrected chi connectivity index (χ0v) is 12.7. The molecule has 1 saturated heterocycles. The minimum Gasteiger partial charge on any atom is -0.379 e. The van der Waals surface area contributed by atoms with Crippen molar-refractivity contribution >= 4 is 9.53 Å². The smallest absolute Gasteiger partial charge is 0.379 e. The zero-order chi connectivity index (χ0) is 13.5. The van der Waals surface area contributed by atoms with Crippen molar-refractivity contribution in [2.75, 3.05) is 34.4 Å². The Bertz CT molecular complexity index is 182. The summed E-state index contributed by atoms with van der Waals surface area (Å²) in [6.07, 6.45) is 0. The molecule has 104 valence electrons. The maximum atomic E-state index is 5.81. The molecule has 0 aromatic rings. The molecule has 1 fully saturated rings. The Balaban J connectivity index is 0.000000325. The minimum atomic E-state index is -1.67. The van der Waals surface area contributed by atoms with Gasteiger partial charge in [0.1, 0.15) is 0 Å². The number of hydrogen-bond acceptors (Lipinski definition) is 6. The van der Waals surface area contributed by atoms with Gasteiger partial charge in [-0.25, -0.2) is 0 Å². The van der Waals surface area contributed by atoms with Gasteiger partial charge in [-0.2, -0.15) is 0 Å². The van der Waals surface area contributed by atoms with E-state index in [0.29, 0.717) is 0 Å². The predicted molar refractivity (Wildman–Crippen MR) is 70.8 cm³/mol. The van der Waals surface area contributed by atoms with Crippen LogP contribution in [0.15, 0.2) is 0 Å². The fourth-order valence-electron chi connectivity index (χ4n) is 1.76. The first-order valence-electron chi connectivity index (χ1n) is 5.74. The van der Waals surface area contributed by atoms with Gasteiger partial charge < -0.3 is 30.1 Å². The molecule has 1 aliphatic rings. The molecule has 0 spiro atoms. The number of rotatable bonds is 5. The highest BCUT2D eigenvalue weighted by molar-refractivity contribution is 6.36. The van der Waals surface area contributed by atoms with Crippen molar-refractivity contribution in [2.45, 2.75) is 25.9 Å². The van der Waals surface area contributed by atoms with Crippen LogP contribution in [-0.2, 0) is 13.3 Å². The van der Waals surface area contributed by atoms with Gasteiger partial charge in [0.05, 0.1) is 0 Å². The van der Waals surface area contributed by atoms with E-state index in [-0.39, 0.29) is 17.5 Å². The van der Waals surface area contributed by atoms with Gasteiger partial charge in [-0.15, -0.1) is 0 Å². The van der Waals surface area contributed by atoms with E-state index in [2.05, 4.69) is 5.32 Å². The molecule has 0 aromatic heterocycles. The molecule has 2 unspecified atom stereocenters. The fourth-order valence-corrected chi connectivity index (χ4v) is 2.34. The van der Waals surface area contributed by atoms with E-state index in [9.17, 15) is 0 Å². The highest BCUT2D eigenvalue weighted by atomic mass is 28.3. The Morgan fingerprint density at radius 3 is 1.35 bits per heavy atom. The lowest BCUT2D eigenvalue weighted by Gasteiger charge is -2.48. The van der Waals surface area contributed by atoms with E-state index in [0.717, 1.165) is 13.1 Å². The van der Waals surface area contributed by atoms with Crippen LogP contribution in [0.2, 0.25) is 0 Å². The van der Waals surface area contributed by atoms with Crippen LogP contribution >= 0.6 is 0 Å².